The Morgan fingerprint density at radius 3 is 2.63 bits per heavy atom. The van der Waals surface area contributed by atoms with Crippen molar-refractivity contribution in [1.82, 2.24) is 19.5 Å². The van der Waals surface area contributed by atoms with Crippen LogP contribution in [0.3, 0.4) is 0 Å². The highest BCUT2D eigenvalue weighted by molar-refractivity contribution is 7.98. The van der Waals surface area contributed by atoms with Crippen LogP contribution < -0.4 is 5.73 Å². The molecule has 0 radical (unpaired) electrons. The van der Waals surface area contributed by atoms with Gasteiger partial charge in [0.15, 0.2) is 27.5 Å². The van der Waals surface area contributed by atoms with E-state index in [1.807, 2.05) is 0 Å². The number of halogens is 1. The molecule has 0 aromatic carbocycles. The van der Waals surface area contributed by atoms with Gasteiger partial charge in [0, 0.05) is 0 Å². The molecule has 1 fully saturated rings. The molecule has 0 aliphatic carbocycles. The summed E-state index contributed by atoms with van der Waals surface area (Å²) in [6.45, 7) is 0.471. The van der Waals surface area contributed by atoms with Crippen molar-refractivity contribution in [3.8, 4) is 0 Å². The molecule has 2 aromatic rings. The van der Waals surface area contributed by atoms with Gasteiger partial charge in [0.2, 0.25) is 5.28 Å². The summed E-state index contributed by atoms with van der Waals surface area (Å²) in [4.78, 5) is 30.3. The lowest BCUT2D eigenvalue weighted by Gasteiger charge is -2.21. The average Bonchev–Trinajstić information content (AvgIpc) is 3.16. The second-order valence-electron chi connectivity index (χ2n) is 6.43. The molecule has 3 rings (SSSR count). The smallest absolute Gasteiger partial charge is 0.369 e. The number of aliphatic hydroxyl groups is 2. The van der Waals surface area contributed by atoms with E-state index in [1.54, 1.807) is 0 Å². The summed E-state index contributed by atoms with van der Waals surface area (Å²) in [6.07, 6.45) is -4.47. The number of fused-ring (bicyclic) bond motifs is 1. The molecule has 0 unspecified atom stereocenters. The van der Waals surface area contributed by atoms with Crippen LogP contribution in [0.5, 0.6) is 0 Å². The highest BCUT2D eigenvalue weighted by Crippen LogP contribution is 2.45. The van der Waals surface area contributed by atoms with Crippen molar-refractivity contribution in [3.05, 3.63) is 11.6 Å². The Morgan fingerprint density at radius 1 is 1.37 bits per heavy atom. The molecule has 1 aliphatic heterocycles. The number of sulfone groups is 1. The van der Waals surface area contributed by atoms with Crippen molar-refractivity contribution in [3.63, 3.8) is 0 Å². The van der Waals surface area contributed by atoms with Gasteiger partial charge in [-0.25, -0.2) is 13.4 Å². The minimum absolute atomic E-state index is 0.0223. The van der Waals surface area contributed by atoms with Gasteiger partial charge in [-0.2, -0.15) is 9.97 Å². The fraction of sp³-hybridized carbons (Fsp3) is 0.615. The predicted octanol–water partition coefficient (Wildman–Crippen LogP) is -1.41. The van der Waals surface area contributed by atoms with E-state index < -0.39 is 59.5 Å². The minimum atomic E-state index is -5.18. The van der Waals surface area contributed by atoms with Crippen LogP contribution in [0.4, 0.5) is 5.82 Å². The number of imidazole rings is 1. The van der Waals surface area contributed by atoms with Crippen molar-refractivity contribution >= 4 is 46.0 Å². The lowest BCUT2D eigenvalue weighted by atomic mass is 10.1. The molecule has 0 spiro atoms. The molecule has 0 saturated carbocycles. The van der Waals surface area contributed by atoms with E-state index in [0.29, 0.717) is 0 Å². The second-order valence-corrected chi connectivity index (χ2v) is 11.1. The van der Waals surface area contributed by atoms with Crippen LogP contribution in [-0.4, -0.2) is 83.8 Å². The third-order valence-electron chi connectivity index (χ3n) is 4.42. The summed E-state index contributed by atoms with van der Waals surface area (Å²) >= 11 is 5.79. The number of hydrogen-bond acceptors (Lipinski definition) is 11. The molecule has 0 amide bonds. The Balaban J connectivity index is 1.83. The summed E-state index contributed by atoms with van der Waals surface area (Å²) in [5, 5.41) is 18.0. The normalized spacial score (nSPS) is 26.3. The zero-order valence-corrected chi connectivity index (χ0v) is 17.8. The molecule has 17 heteroatoms. The van der Waals surface area contributed by atoms with Gasteiger partial charge < -0.3 is 35.2 Å². The number of nitrogens with zero attached hydrogens (tertiary/aromatic N) is 4. The maximum Gasteiger partial charge on any atom is 0.369 e. The second kappa shape index (κ2) is 8.26. The maximum atomic E-state index is 11.9. The van der Waals surface area contributed by atoms with Gasteiger partial charge in [-0.1, -0.05) is 6.92 Å². The van der Waals surface area contributed by atoms with Crippen LogP contribution in [0, 0.1) is 0 Å². The third kappa shape index (κ3) is 4.30. The Bertz CT molecular complexity index is 1090. The Hall–Kier alpha value is -1.42. The van der Waals surface area contributed by atoms with E-state index in [4.69, 9.17) is 26.8 Å². The van der Waals surface area contributed by atoms with Crippen molar-refractivity contribution in [2.24, 2.45) is 0 Å². The number of rotatable bonds is 7. The van der Waals surface area contributed by atoms with E-state index in [1.165, 1.54) is 17.8 Å². The summed E-state index contributed by atoms with van der Waals surface area (Å²) in [5.74, 6) is -0.601. The number of ether oxygens (including phenoxy) is 2. The largest absolute Gasteiger partial charge is 0.387 e. The molecule has 5 atom stereocenters. The minimum Gasteiger partial charge on any atom is -0.387 e. The number of hydrogen-bond donors (Lipinski definition) is 5. The fourth-order valence-electron chi connectivity index (χ4n) is 2.92. The summed E-state index contributed by atoms with van der Waals surface area (Å²) < 4.78 is 47.1. The number of aliphatic hydroxyl groups excluding tert-OH is 2. The summed E-state index contributed by atoms with van der Waals surface area (Å²) in [6, 6.07) is 0. The average molecular weight is 488 g/mol. The quantitative estimate of drug-likeness (QED) is 0.224. The van der Waals surface area contributed by atoms with Crippen LogP contribution in [0.25, 0.3) is 11.2 Å². The summed E-state index contributed by atoms with van der Waals surface area (Å²) in [7, 11) is -9.46. The molecular formula is C13H19ClN5O9PS. The van der Waals surface area contributed by atoms with Gasteiger partial charge in [0.05, 0.1) is 18.7 Å². The van der Waals surface area contributed by atoms with Crippen molar-refractivity contribution in [1.29, 1.82) is 0 Å². The van der Waals surface area contributed by atoms with E-state index in [9.17, 15) is 33.0 Å². The zero-order chi connectivity index (χ0) is 22.4. The molecule has 1 aliphatic rings. The lowest BCUT2D eigenvalue weighted by molar-refractivity contribution is -0.0648. The van der Waals surface area contributed by atoms with Gasteiger partial charge in [0.25, 0.3) is 5.18 Å². The van der Waals surface area contributed by atoms with Gasteiger partial charge in [-0.15, -0.1) is 0 Å². The molecule has 3 heterocycles. The highest BCUT2D eigenvalue weighted by atomic mass is 35.5. The van der Waals surface area contributed by atoms with Crippen molar-refractivity contribution in [2.45, 2.75) is 36.6 Å². The Kier molecular flexibility index (Phi) is 6.40. The van der Waals surface area contributed by atoms with E-state index in [0.717, 1.165) is 0 Å². The van der Waals surface area contributed by atoms with Crippen LogP contribution in [-0.2, 0) is 23.9 Å². The van der Waals surface area contributed by atoms with Crippen LogP contribution >= 0.6 is 19.2 Å². The Labute approximate surface area is 174 Å². The Morgan fingerprint density at radius 2 is 2.03 bits per heavy atom. The monoisotopic (exact) mass is 487 g/mol. The first-order chi connectivity index (χ1) is 13.9. The highest BCUT2D eigenvalue weighted by Gasteiger charge is 2.47. The van der Waals surface area contributed by atoms with Crippen LogP contribution in [0.1, 0.15) is 13.2 Å². The van der Waals surface area contributed by atoms with Crippen molar-refractivity contribution < 1.29 is 42.5 Å². The SMILES string of the molecule is CCS(=O)(=O)[C@@H](OC[C@H]1O[C@@H](n2cnc3c(N)nc(Cl)nc32)[C@H](O)[C@@H]1O)P(=O)(O)O. The first kappa shape index (κ1) is 23.2. The predicted molar refractivity (Wildman–Crippen MR) is 102 cm³/mol. The first-order valence-electron chi connectivity index (χ1n) is 8.42. The lowest BCUT2D eigenvalue weighted by Crippen LogP contribution is -2.36. The van der Waals surface area contributed by atoms with Gasteiger partial charge in [-0.3, -0.25) is 9.13 Å². The number of anilines is 1. The number of nitrogens with two attached hydrogens (primary N) is 1. The molecular weight excluding hydrogens is 469 g/mol. The van der Waals surface area contributed by atoms with Crippen LogP contribution in [0.2, 0.25) is 5.28 Å². The maximum absolute atomic E-state index is 11.9. The van der Waals surface area contributed by atoms with E-state index >= 15 is 0 Å². The zero-order valence-electron chi connectivity index (χ0n) is 15.3. The third-order valence-corrected chi connectivity index (χ3v) is 8.63. The molecule has 168 valence electrons. The molecule has 0 bridgehead atoms. The molecule has 30 heavy (non-hydrogen) atoms. The number of aromatic nitrogens is 4. The van der Waals surface area contributed by atoms with E-state index in [2.05, 4.69) is 15.0 Å². The number of nitrogen functional groups attached to an aromatic ring is 1. The van der Waals surface area contributed by atoms with Crippen LogP contribution in [0.15, 0.2) is 6.33 Å². The van der Waals surface area contributed by atoms with E-state index in [-0.39, 0.29) is 22.3 Å². The van der Waals surface area contributed by atoms with Gasteiger partial charge in [-0.05, 0) is 11.6 Å². The van der Waals surface area contributed by atoms with Gasteiger partial charge in [0.1, 0.15) is 23.8 Å². The fourth-order valence-corrected chi connectivity index (χ4v) is 6.07. The van der Waals surface area contributed by atoms with Gasteiger partial charge >= 0.3 is 7.60 Å². The first-order valence-corrected chi connectivity index (χ1v) is 12.2. The molecule has 1 saturated heterocycles. The molecule has 14 nitrogen and oxygen atoms in total. The summed E-state index contributed by atoms with van der Waals surface area (Å²) in [5.41, 5.74) is 5.99. The standard InChI is InChI=1S/C13H19ClN5O9PS/c1-2-30(25,26)13(29(22,23)24)27-3-5-7(20)8(21)11(28-5)19-4-16-6-9(15)17-12(14)18-10(6)19/h4-5,7-8,11,13,20-21H,2-3H2,1H3,(H2,15,17,18)(H2,22,23,24)/t5-,7-,8-,11-,13+/m1/s1. The molecule has 6 N–H and O–H groups in total. The molecule has 2 aromatic heterocycles. The van der Waals surface area contributed by atoms with Crippen molar-refractivity contribution in [2.75, 3.05) is 18.1 Å². The topological polar surface area (TPSA) is 220 Å².